The van der Waals surface area contributed by atoms with E-state index in [0.717, 1.165) is 5.56 Å². The molecule has 0 saturated carbocycles. The average molecular weight is 311 g/mol. The summed E-state index contributed by atoms with van der Waals surface area (Å²) in [6, 6.07) is 3.81. The summed E-state index contributed by atoms with van der Waals surface area (Å²) in [4.78, 5) is 18.0. The molecule has 2 rings (SSSR count). The fourth-order valence-corrected chi connectivity index (χ4v) is 4.68. The van der Waals surface area contributed by atoms with Crippen LogP contribution in [0.4, 0.5) is 0 Å². The van der Waals surface area contributed by atoms with Crippen LogP contribution in [0.1, 0.15) is 18.9 Å². The van der Waals surface area contributed by atoms with Crippen LogP contribution in [0.15, 0.2) is 24.5 Å². The van der Waals surface area contributed by atoms with Crippen molar-refractivity contribution in [1.29, 1.82) is 0 Å². The van der Waals surface area contributed by atoms with Crippen molar-refractivity contribution in [3.8, 4) is 0 Å². The molecule has 1 aliphatic rings. The lowest BCUT2D eigenvalue weighted by Crippen LogP contribution is -2.49. The summed E-state index contributed by atoms with van der Waals surface area (Å²) < 4.78 is 23.0. The maximum atomic E-state index is 12.1. The molecule has 1 fully saturated rings. The Balaban J connectivity index is 1.84. The minimum Gasteiger partial charge on any atom is -0.349 e. The molecular formula is C14H21N3O3S. The molecule has 2 heterocycles. The van der Waals surface area contributed by atoms with Gasteiger partial charge in [0.25, 0.3) is 0 Å². The second-order valence-electron chi connectivity index (χ2n) is 5.98. The molecule has 0 spiro atoms. The van der Waals surface area contributed by atoms with Crippen LogP contribution in [0.2, 0.25) is 0 Å². The van der Waals surface area contributed by atoms with Crippen LogP contribution in [-0.2, 0) is 21.2 Å². The van der Waals surface area contributed by atoms with Crippen LogP contribution in [0.5, 0.6) is 0 Å². The van der Waals surface area contributed by atoms with Gasteiger partial charge >= 0.3 is 0 Å². The SMILES string of the molecule is CN(CC(=O)N[C@]1(C)CCS(=O)(=O)C1)Cc1cccnc1. The van der Waals surface area contributed by atoms with Crippen molar-refractivity contribution in [2.45, 2.75) is 25.4 Å². The predicted molar refractivity (Wildman–Crippen MR) is 80.4 cm³/mol. The van der Waals surface area contributed by atoms with Crippen molar-refractivity contribution in [1.82, 2.24) is 15.2 Å². The first kappa shape index (κ1) is 15.9. The van der Waals surface area contributed by atoms with Crippen LogP contribution in [0.25, 0.3) is 0 Å². The molecule has 6 nitrogen and oxygen atoms in total. The van der Waals surface area contributed by atoms with E-state index < -0.39 is 15.4 Å². The van der Waals surface area contributed by atoms with Crippen molar-refractivity contribution in [3.05, 3.63) is 30.1 Å². The number of rotatable bonds is 5. The molecular weight excluding hydrogens is 290 g/mol. The highest BCUT2D eigenvalue weighted by atomic mass is 32.2. The van der Waals surface area contributed by atoms with E-state index in [-0.39, 0.29) is 24.0 Å². The van der Waals surface area contributed by atoms with Gasteiger partial charge in [-0.05, 0) is 32.0 Å². The number of nitrogens with one attached hydrogen (secondary N) is 1. The minimum atomic E-state index is -3.01. The van der Waals surface area contributed by atoms with E-state index in [0.29, 0.717) is 13.0 Å². The summed E-state index contributed by atoms with van der Waals surface area (Å²) in [5, 5.41) is 2.85. The first-order valence-electron chi connectivity index (χ1n) is 6.87. The highest BCUT2D eigenvalue weighted by Crippen LogP contribution is 2.22. The standard InChI is InChI=1S/C14H21N3O3S/c1-14(5-7-21(19,20)11-14)16-13(18)10-17(2)9-12-4-3-6-15-8-12/h3-4,6,8H,5,7,9-11H2,1-2H3,(H,16,18)/t14-/m1/s1. The zero-order chi connectivity index (χ0) is 15.5. The monoisotopic (exact) mass is 311 g/mol. The van der Waals surface area contributed by atoms with Crippen molar-refractivity contribution < 1.29 is 13.2 Å². The van der Waals surface area contributed by atoms with E-state index >= 15 is 0 Å². The highest BCUT2D eigenvalue weighted by Gasteiger charge is 2.39. The highest BCUT2D eigenvalue weighted by molar-refractivity contribution is 7.91. The summed E-state index contributed by atoms with van der Waals surface area (Å²) >= 11 is 0. The molecule has 116 valence electrons. The summed E-state index contributed by atoms with van der Waals surface area (Å²) in [5.41, 5.74) is 0.396. The Morgan fingerprint density at radius 1 is 1.52 bits per heavy atom. The molecule has 1 N–H and O–H groups in total. The number of hydrogen-bond acceptors (Lipinski definition) is 5. The molecule has 1 atom stereocenters. The van der Waals surface area contributed by atoms with Gasteiger partial charge in [0.1, 0.15) is 0 Å². The molecule has 1 amide bonds. The number of aromatic nitrogens is 1. The van der Waals surface area contributed by atoms with Crippen molar-refractivity contribution in [2.75, 3.05) is 25.1 Å². The largest absolute Gasteiger partial charge is 0.349 e. The number of likely N-dealkylation sites (N-methyl/N-ethyl adjacent to an activating group) is 1. The van der Waals surface area contributed by atoms with Crippen molar-refractivity contribution >= 4 is 15.7 Å². The number of carbonyl (C=O) groups is 1. The Morgan fingerprint density at radius 2 is 2.29 bits per heavy atom. The Labute approximate surface area is 125 Å². The maximum absolute atomic E-state index is 12.1. The van der Waals surface area contributed by atoms with E-state index in [1.54, 1.807) is 19.3 Å². The Morgan fingerprint density at radius 3 is 2.86 bits per heavy atom. The van der Waals surface area contributed by atoms with Gasteiger partial charge in [-0.3, -0.25) is 14.7 Å². The smallest absolute Gasteiger partial charge is 0.234 e. The average Bonchev–Trinajstić information content (AvgIpc) is 2.63. The fraction of sp³-hybridized carbons (Fsp3) is 0.571. The first-order chi connectivity index (χ1) is 9.78. The van der Waals surface area contributed by atoms with Crippen LogP contribution >= 0.6 is 0 Å². The molecule has 1 aromatic rings. The molecule has 0 aromatic carbocycles. The summed E-state index contributed by atoms with van der Waals surface area (Å²) in [6.45, 7) is 2.64. The second kappa shape index (κ2) is 6.11. The molecule has 21 heavy (non-hydrogen) atoms. The fourth-order valence-electron chi connectivity index (χ4n) is 2.59. The van der Waals surface area contributed by atoms with Gasteiger partial charge in [-0.2, -0.15) is 0 Å². The quantitative estimate of drug-likeness (QED) is 0.841. The predicted octanol–water partition coefficient (Wildman–Crippen LogP) is 0.207. The Bertz CT molecular complexity index is 603. The number of carbonyl (C=O) groups excluding carboxylic acids is 1. The van der Waals surface area contributed by atoms with Gasteiger partial charge in [-0.15, -0.1) is 0 Å². The lowest BCUT2D eigenvalue weighted by Gasteiger charge is -2.25. The third kappa shape index (κ3) is 4.78. The van der Waals surface area contributed by atoms with E-state index in [1.807, 2.05) is 24.1 Å². The lowest BCUT2D eigenvalue weighted by atomic mass is 10.0. The van der Waals surface area contributed by atoms with Gasteiger partial charge < -0.3 is 5.32 Å². The third-order valence-electron chi connectivity index (χ3n) is 3.53. The Kier molecular flexibility index (Phi) is 4.63. The summed E-state index contributed by atoms with van der Waals surface area (Å²) in [7, 11) is -1.17. The number of hydrogen-bond donors (Lipinski definition) is 1. The van der Waals surface area contributed by atoms with Gasteiger partial charge in [0, 0.05) is 18.9 Å². The van der Waals surface area contributed by atoms with E-state index in [9.17, 15) is 13.2 Å². The van der Waals surface area contributed by atoms with Gasteiger partial charge in [0.2, 0.25) is 5.91 Å². The Hall–Kier alpha value is -1.47. The second-order valence-corrected chi connectivity index (χ2v) is 8.17. The van der Waals surface area contributed by atoms with Gasteiger partial charge in [-0.1, -0.05) is 6.07 Å². The topological polar surface area (TPSA) is 79.4 Å². The van der Waals surface area contributed by atoms with Crippen LogP contribution in [0.3, 0.4) is 0 Å². The van der Waals surface area contributed by atoms with Crippen molar-refractivity contribution in [3.63, 3.8) is 0 Å². The van der Waals surface area contributed by atoms with Gasteiger partial charge in [0.05, 0.1) is 23.6 Å². The normalized spacial score (nSPS) is 24.1. The number of nitrogens with zero attached hydrogens (tertiary/aromatic N) is 2. The van der Waals surface area contributed by atoms with E-state index in [4.69, 9.17) is 0 Å². The molecule has 0 bridgehead atoms. The summed E-state index contributed by atoms with van der Waals surface area (Å²) in [6.07, 6.45) is 3.95. The molecule has 0 radical (unpaired) electrons. The number of sulfone groups is 1. The van der Waals surface area contributed by atoms with E-state index in [1.165, 1.54) is 0 Å². The maximum Gasteiger partial charge on any atom is 0.234 e. The zero-order valence-corrected chi connectivity index (χ0v) is 13.2. The number of amides is 1. The van der Waals surface area contributed by atoms with Crippen LogP contribution in [-0.4, -0.2) is 54.8 Å². The third-order valence-corrected chi connectivity index (χ3v) is 5.44. The summed E-state index contributed by atoms with van der Waals surface area (Å²) in [5.74, 6) is 0.0221. The van der Waals surface area contributed by atoms with E-state index in [2.05, 4.69) is 10.3 Å². The van der Waals surface area contributed by atoms with Crippen LogP contribution in [0, 0.1) is 0 Å². The molecule has 1 aromatic heterocycles. The molecule has 0 unspecified atom stereocenters. The molecule has 1 saturated heterocycles. The first-order valence-corrected chi connectivity index (χ1v) is 8.69. The van der Waals surface area contributed by atoms with Crippen molar-refractivity contribution in [2.24, 2.45) is 0 Å². The van der Waals surface area contributed by atoms with Gasteiger partial charge in [-0.25, -0.2) is 8.42 Å². The van der Waals surface area contributed by atoms with Gasteiger partial charge in [0.15, 0.2) is 9.84 Å². The van der Waals surface area contributed by atoms with Crippen LogP contribution < -0.4 is 5.32 Å². The molecule has 1 aliphatic heterocycles. The lowest BCUT2D eigenvalue weighted by molar-refractivity contribution is -0.123. The minimum absolute atomic E-state index is 0.0259. The molecule has 7 heteroatoms. The zero-order valence-electron chi connectivity index (χ0n) is 12.4. The molecule has 0 aliphatic carbocycles. The number of pyridine rings is 1.